The second kappa shape index (κ2) is 9.11. The molecule has 0 radical (unpaired) electrons. The molecule has 174 valence electrons. The van der Waals surface area contributed by atoms with E-state index in [0.717, 1.165) is 43.4 Å². The molecule has 1 aliphatic carbocycles. The summed E-state index contributed by atoms with van der Waals surface area (Å²) < 4.78 is 12.1. The van der Waals surface area contributed by atoms with Crippen molar-refractivity contribution in [3.05, 3.63) is 72.7 Å². The Balaban J connectivity index is 1.72. The van der Waals surface area contributed by atoms with Crippen LogP contribution in [-0.2, 0) is 20.9 Å². The van der Waals surface area contributed by atoms with Crippen molar-refractivity contribution in [1.82, 2.24) is 5.32 Å². The van der Waals surface area contributed by atoms with Crippen LogP contribution in [0.5, 0.6) is 5.75 Å². The summed E-state index contributed by atoms with van der Waals surface area (Å²) in [4.78, 5) is 28.2. The molecular formula is C26H28BrNO4S. The number of dihydropyridines is 1. The van der Waals surface area contributed by atoms with E-state index in [-0.39, 0.29) is 11.2 Å². The molecule has 7 heteroatoms. The van der Waals surface area contributed by atoms with Gasteiger partial charge in [-0.2, -0.15) is 0 Å². The summed E-state index contributed by atoms with van der Waals surface area (Å²) in [6.45, 7) is 8.55. The van der Waals surface area contributed by atoms with E-state index in [1.54, 1.807) is 11.3 Å². The summed E-state index contributed by atoms with van der Waals surface area (Å²) in [7, 11) is 1.38. The van der Waals surface area contributed by atoms with Gasteiger partial charge in [0.1, 0.15) is 12.4 Å². The van der Waals surface area contributed by atoms with Crippen LogP contribution < -0.4 is 10.1 Å². The molecule has 0 amide bonds. The Bertz CT molecular complexity index is 1170. The molecule has 4 rings (SSSR count). The van der Waals surface area contributed by atoms with Gasteiger partial charge < -0.3 is 14.8 Å². The highest BCUT2D eigenvalue weighted by molar-refractivity contribution is 9.10. The Morgan fingerprint density at radius 2 is 1.91 bits per heavy atom. The highest BCUT2D eigenvalue weighted by Crippen LogP contribution is 2.48. The maximum absolute atomic E-state index is 13.3. The van der Waals surface area contributed by atoms with Crippen molar-refractivity contribution in [1.29, 1.82) is 0 Å². The van der Waals surface area contributed by atoms with E-state index in [1.807, 2.05) is 38.1 Å². The number of ketones is 1. The van der Waals surface area contributed by atoms with Crippen molar-refractivity contribution in [2.75, 3.05) is 7.11 Å². The molecule has 0 saturated heterocycles. The summed E-state index contributed by atoms with van der Waals surface area (Å²) in [5.74, 6) is 0.0367. The van der Waals surface area contributed by atoms with Crippen LogP contribution in [0.2, 0.25) is 0 Å². The third kappa shape index (κ3) is 4.80. The Hall–Kier alpha value is -2.38. The van der Waals surface area contributed by atoms with Crippen molar-refractivity contribution < 1.29 is 19.1 Å². The number of rotatable bonds is 5. The highest BCUT2D eigenvalue weighted by Gasteiger charge is 2.43. The summed E-state index contributed by atoms with van der Waals surface area (Å²) in [5, 5.41) is 3.36. The van der Waals surface area contributed by atoms with Crippen LogP contribution in [-0.4, -0.2) is 18.9 Å². The Kier molecular flexibility index (Phi) is 6.56. The molecule has 0 saturated carbocycles. The van der Waals surface area contributed by atoms with Crippen LogP contribution in [0.3, 0.4) is 0 Å². The van der Waals surface area contributed by atoms with Crippen LogP contribution in [0.25, 0.3) is 0 Å². The third-order valence-corrected chi connectivity index (χ3v) is 7.86. The van der Waals surface area contributed by atoms with Crippen molar-refractivity contribution in [2.45, 2.75) is 53.1 Å². The predicted octanol–water partition coefficient (Wildman–Crippen LogP) is 6.18. The van der Waals surface area contributed by atoms with Crippen LogP contribution in [0.4, 0.5) is 0 Å². The molecule has 2 aromatic rings. The summed E-state index contributed by atoms with van der Waals surface area (Å²) in [6, 6.07) is 9.79. The predicted molar refractivity (Wildman–Crippen MR) is 133 cm³/mol. The van der Waals surface area contributed by atoms with Crippen molar-refractivity contribution in [2.24, 2.45) is 5.41 Å². The van der Waals surface area contributed by atoms with Gasteiger partial charge in [0, 0.05) is 43.2 Å². The molecule has 1 N–H and O–H groups in total. The van der Waals surface area contributed by atoms with Gasteiger partial charge in [0.15, 0.2) is 5.78 Å². The maximum Gasteiger partial charge on any atom is 0.336 e. The van der Waals surface area contributed by atoms with Crippen molar-refractivity contribution in [3.63, 3.8) is 0 Å². The lowest BCUT2D eigenvalue weighted by molar-refractivity contribution is -0.136. The number of carbonyl (C=O) groups excluding carboxylic acids is 2. The van der Waals surface area contributed by atoms with E-state index < -0.39 is 11.9 Å². The first-order chi connectivity index (χ1) is 15.6. The number of nitrogens with one attached hydrogen (secondary N) is 1. The minimum absolute atomic E-state index is 0.0892. The van der Waals surface area contributed by atoms with Gasteiger partial charge in [-0.3, -0.25) is 4.79 Å². The lowest BCUT2D eigenvalue weighted by Crippen LogP contribution is -2.38. The lowest BCUT2D eigenvalue weighted by atomic mass is 9.70. The van der Waals surface area contributed by atoms with E-state index in [2.05, 4.69) is 41.2 Å². The number of methoxy groups -OCH3 is 1. The van der Waals surface area contributed by atoms with Gasteiger partial charge in [0.2, 0.25) is 0 Å². The van der Waals surface area contributed by atoms with Crippen LogP contribution >= 0.6 is 27.3 Å². The van der Waals surface area contributed by atoms with E-state index >= 15 is 0 Å². The molecule has 1 unspecified atom stereocenters. The largest absolute Gasteiger partial charge is 0.489 e. The number of carbonyl (C=O) groups is 2. The molecule has 2 heterocycles. The van der Waals surface area contributed by atoms with Gasteiger partial charge in [-0.1, -0.05) is 29.8 Å². The fraction of sp³-hybridized carbons (Fsp3) is 0.385. The molecule has 1 atom stereocenters. The van der Waals surface area contributed by atoms with Gasteiger partial charge in [-0.05, 0) is 56.0 Å². The highest BCUT2D eigenvalue weighted by atomic mass is 79.9. The zero-order valence-electron chi connectivity index (χ0n) is 19.5. The molecule has 0 spiro atoms. The maximum atomic E-state index is 13.3. The van der Waals surface area contributed by atoms with E-state index in [1.165, 1.54) is 7.11 Å². The van der Waals surface area contributed by atoms with Crippen LogP contribution in [0.1, 0.15) is 54.8 Å². The Morgan fingerprint density at radius 3 is 2.58 bits per heavy atom. The number of halogens is 1. The second-order valence-corrected chi connectivity index (χ2v) is 11.6. The first-order valence-corrected chi connectivity index (χ1v) is 12.5. The standard InChI is InChI=1S/C26H28BrNO4S/c1-14-22(25(30)31-5)24(23-19(28-14)11-26(3,4)12-20(23)29)21-10-16(15(2)33-21)13-32-18-8-6-17(27)7-9-18/h6-10,24,28H,11-13H2,1-5H3. The Morgan fingerprint density at radius 1 is 1.21 bits per heavy atom. The molecule has 1 aromatic carbocycles. The van der Waals surface area contributed by atoms with Gasteiger partial charge in [-0.25, -0.2) is 4.79 Å². The van der Waals surface area contributed by atoms with E-state index in [9.17, 15) is 9.59 Å². The number of aryl methyl sites for hydroxylation is 1. The molecule has 2 aliphatic rings. The zero-order chi connectivity index (χ0) is 23.9. The average Bonchev–Trinajstić information content (AvgIpc) is 3.11. The zero-order valence-corrected chi connectivity index (χ0v) is 21.9. The van der Waals surface area contributed by atoms with Gasteiger partial charge in [-0.15, -0.1) is 11.3 Å². The molecular weight excluding hydrogens is 502 g/mol. The fourth-order valence-corrected chi connectivity index (χ4v) is 6.05. The monoisotopic (exact) mass is 529 g/mol. The molecule has 1 aromatic heterocycles. The number of allylic oxidation sites excluding steroid dienone is 3. The molecule has 33 heavy (non-hydrogen) atoms. The number of hydrogen-bond acceptors (Lipinski definition) is 6. The Labute approximate surface area is 207 Å². The van der Waals surface area contributed by atoms with Gasteiger partial charge in [0.25, 0.3) is 0 Å². The van der Waals surface area contributed by atoms with E-state index in [4.69, 9.17) is 9.47 Å². The smallest absolute Gasteiger partial charge is 0.336 e. The quantitative estimate of drug-likeness (QED) is 0.468. The number of benzene rings is 1. The normalized spacial score (nSPS) is 19.8. The minimum atomic E-state index is -0.428. The molecule has 0 fully saturated rings. The molecule has 1 aliphatic heterocycles. The molecule has 0 bridgehead atoms. The molecule has 5 nitrogen and oxygen atoms in total. The number of thiophene rings is 1. The topological polar surface area (TPSA) is 64.6 Å². The number of esters is 1. The third-order valence-electron chi connectivity index (χ3n) is 6.18. The minimum Gasteiger partial charge on any atom is -0.489 e. The van der Waals surface area contributed by atoms with Crippen LogP contribution in [0, 0.1) is 12.3 Å². The number of ether oxygens (including phenoxy) is 2. The van der Waals surface area contributed by atoms with Crippen LogP contribution in [0.15, 0.2) is 57.3 Å². The number of Topliss-reactive ketones (excluding diaryl/α,β-unsaturated/α-hetero) is 1. The lowest BCUT2D eigenvalue weighted by Gasteiger charge is -2.39. The SMILES string of the molecule is COC(=O)C1=C(C)NC2=C(C(=O)CC(C)(C)C2)C1c1cc(COc2ccc(Br)cc2)c(C)s1. The fourth-order valence-electron chi connectivity index (χ4n) is 4.62. The summed E-state index contributed by atoms with van der Waals surface area (Å²) in [5.41, 5.74) is 3.79. The summed E-state index contributed by atoms with van der Waals surface area (Å²) >= 11 is 5.04. The van der Waals surface area contributed by atoms with Gasteiger partial charge in [0.05, 0.1) is 18.6 Å². The number of hydrogen-bond donors (Lipinski definition) is 1. The van der Waals surface area contributed by atoms with Crippen molar-refractivity contribution >= 4 is 39.0 Å². The first-order valence-electron chi connectivity index (χ1n) is 10.9. The van der Waals surface area contributed by atoms with Crippen molar-refractivity contribution in [3.8, 4) is 5.75 Å². The van der Waals surface area contributed by atoms with E-state index in [0.29, 0.717) is 24.2 Å². The average molecular weight is 530 g/mol. The summed E-state index contributed by atoms with van der Waals surface area (Å²) in [6.07, 6.45) is 1.22. The second-order valence-electron chi connectivity index (χ2n) is 9.39. The first kappa shape index (κ1) is 23.8. The van der Waals surface area contributed by atoms with Gasteiger partial charge >= 0.3 is 5.97 Å².